The molecule has 1 aliphatic rings. The van der Waals surface area contributed by atoms with Crippen LogP contribution in [-0.4, -0.2) is 23.8 Å². The summed E-state index contributed by atoms with van der Waals surface area (Å²) in [6, 6.07) is 10.8. The van der Waals surface area contributed by atoms with Gasteiger partial charge in [-0.1, -0.05) is 44.2 Å². The van der Waals surface area contributed by atoms with E-state index in [-0.39, 0.29) is 17.6 Å². The first-order valence-corrected chi connectivity index (χ1v) is 6.56. The van der Waals surface area contributed by atoms with Gasteiger partial charge in [0.1, 0.15) is 0 Å². The van der Waals surface area contributed by atoms with Gasteiger partial charge in [-0.3, -0.25) is 0 Å². The summed E-state index contributed by atoms with van der Waals surface area (Å²) in [6.45, 7) is 5.47. The summed E-state index contributed by atoms with van der Waals surface area (Å²) in [4.78, 5) is 0. The summed E-state index contributed by atoms with van der Waals surface area (Å²) < 4.78 is 0. The van der Waals surface area contributed by atoms with Crippen LogP contribution in [0.3, 0.4) is 0 Å². The van der Waals surface area contributed by atoms with Crippen molar-refractivity contribution in [1.29, 1.82) is 0 Å². The molecule has 2 N–H and O–H groups in total. The third-order valence-corrected chi connectivity index (χ3v) is 3.84. The van der Waals surface area contributed by atoms with Gasteiger partial charge in [0.05, 0.1) is 6.10 Å². The Kier molecular flexibility index (Phi) is 3.85. The first-order valence-electron chi connectivity index (χ1n) is 6.56. The second-order valence-electron chi connectivity index (χ2n) is 5.72. The van der Waals surface area contributed by atoms with E-state index in [9.17, 15) is 5.11 Å². The summed E-state index contributed by atoms with van der Waals surface area (Å²) in [6.07, 6.45) is 2.86. The van der Waals surface area contributed by atoms with Crippen LogP contribution in [0.25, 0.3) is 0 Å². The van der Waals surface area contributed by atoms with Crippen LogP contribution in [0, 0.1) is 0 Å². The molecule has 17 heavy (non-hydrogen) atoms. The van der Waals surface area contributed by atoms with Crippen molar-refractivity contribution in [2.45, 2.75) is 50.7 Å². The molecule has 0 saturated carbocycles. The number of rotatable bonds is 4. The number of aliphatic hydroxyl groups is 1. The van der Waals surface area contributed by atoms with Gasteiger partial charge in [0, 0.05) is 6.04 Å². The summed E-state index contributed by atoms with van der Waals surface area (Å²) in [5, 5.41) is 13.7. The summed E-state index contributed by atoms with van der Waals surface area (Å²) in [5.74, 6) is 0. The third-order valence-electron chi connectivity index (χ3n) is 3.84. The molecule has 2 nitrogen and oxygen atoms in total. The van der Waals surface area contributed by atoms with Crippen LogP contribution >= 0.6 is 0 Å². The molecule has 2 rings (SSSR count). The number of hydrogen-bond acceptors (Lipinski definition) is 2. The molecule has 1 unspecified atom stereocenters. The SMILES string of the molecule is CC(C)(C[C@@H](O)C1CCCN1)c1ccccc1. The van der Waals surface area contributed by atoms with Crippen LogP contribution in [-0.2, 0) is 5.41 Å². The maximum absolute atomic E-state index is 10.3. The van der Waals surface area contributed by atoms with Crippen molar-refractivity contribution in [1.82, 2.24) is 5.32 Å². The topological polar surface area (TPSA) is 32.3 Å². The molecule has 2 atom stereocenters. The minimum Gasteiger partial charge on any atom is -0.391 e. The number of benzene rings is 1. The molecule has 1 aromatic carbocycles. The van der Waals surface area contributed by atoms with Crippen molar-refractivity contribution in [3.8, 4) is 0 Å². The third kappa shape index (κ3) is 3.08. The molecule has 0 spiro atoms. The van der Waals surface area contributed by atoms with Crippen molar-refractivity contribution in [3.63, 3.8) is 0 Å². The summed E-state index contributed by atoms with van der Waals surface area (Å²) in [7, 11) is 0. The maximum atomic E-state index is 10.3. The van der Waals surface area contributed by atoms with Gasteiger partial charge >= 0.3 is 0 Å². The Morgan fingerprint density at radius 1 is 1.35 bits per heavy atom. The van der Waals surface area contributed by atoms with E-state index in [1.165, 1.54) is 12.0 Å². The van der Waals surface area contributed by atoms with Gasteiger partial charge in [-0.15, -0.1) is 0 Å². The van der Waals surface area contributed by atoms with E-state index in [0.29, 0.717) is 0 Å². The molecule has 0 aliphatic carbocycles. The van der Waals surface area contributed by atoms with Crippen LogP contribution in [0.2, 0.25) is 0 Å². The predicted octanol–water partition coefficient (Wildman–Crippen LogP) is 2.47. The lowest BCUT2D eigenvalue weighted by molar-refractivity contribution is 0.104. The Balaban J connectivity index is 2.01. The molecule has 0 bridgehead atoms. The normalized spacial score (nSPS) is 22.6. The van der Waals surface area contributed by atoms with Gasteiger partial charge in [0.25, 0.3) is 0 Å². The van der Waals surface area contributed by atoms with E-state index < -0.39 is 0 Å². The average molecular weight is 233 g/mol. The first-order chi connectivity index (χ1) is 8.09. The number of aliphatic hydroxyl groups excluding tert-OH is 1. The monoisotopic (exact) mass is 233 g/mol. The van der Waals surface area contributed by atoms with E-state index in [4.69, 9.17) is 0 Å². The minimum atomic E-state index is -0.243. The predicted molar refractivity (Wildman–Crippen MR) is 71.1 cm³/mol. The highest BCUT2D eigenvalue weighted by molar-refractivity contribution is 5.23. The Bertz CT molecular complexity index is 341. The van der Waals surface area contributed by atoms with Crippen molar-refractivity contribution >= 4 is 0 Å². The van der Waals surface area contributed by atoms with Gasteiger partial charge in [0.15, 0.2) is 0 Å². The Morgan fingerprint density at radius 3 is 2.65 bits per heavy atom. The van der Waals surface area contributed by atoms with Crippen molar-refractivity contribution < 1.29 is 5.11 Å². The standard InChI is InChI=1S/C15H23NO/c1-15(2,12-7-4-3-5-8-12)11-14(17)13-9-6-10-16-13/h3-5,7-8,13-14,16-17H,6,9-11H2,1-2H3/t13?,14-/m1/s1. The Labute approximate surface area is 104 Å². The molecular formula is C15H23NO. The average Bonchev–Trinajstić information content (AvgIpc) is 2.83. The minimum absolute atomic E-state index is 0.0327. The number of hydrogen-bond donors (Lipinski definition) is 2. The molecule has 1 heterocycles. The molecule has 1 fully saturated rings. The fourth-order valence-electron chi connectivity index (χ4n) is 2.71. The fourth-order valence-corrected chi connectivity index (χ4v) is 2.71. The second-order valence-corrected chi connectivity index (χ2v) is 5.72. The van der Waals surface area contributed by atoms with E-state index in [1.807, 2.05) is 6.07 Å². The maximum Gasteiger partial charge on any atom is 0.0701 e. The zero-order chi connectivity index (χ0) is 12.3. The smallest absolute Gasteiger partial charge is 0.0701 e. The lowest BCUT2D eigenvalue weighted by Crippen LogP contribution is -2.38. The lowest BCUT2D eigenvalue weighted by Gasteiger charge is -2.30. The fraction of sp³-hybridized carbons (Fsp3) is 0.600. The summed E-state index contributed by atoms with van der Waals surface area (Å²) >= 11 is 0. The highest BCUT2D eigenvalue weighted by atomic mass is 16.3. The molecule has 1 saturated heterocycles. The summed E-state index contributed by atoms with van der Waals surface area (Å²) in [5.41, 5.74) is 1.34. The van der Waals surface area contributed by atoms with Gasteiger partial charge < -0.3 is 10.4 Å². The molecular weight excluding hydrogens is 210 g/mol. The molecule has 0 radical (unpaired) electrons. The van der Waals surface area contributed by atoms with E-state index in [0.717, 1.165) is 19.4 Å². The van der Waals surface area contributed by atoms with E-state index in [2.05, 4.69) is 43.4 Å². The zero-order valence-electron chi connectivity index (χ0n) is 10.8. The van der Waals surface area contributed by atoms with Gasteiger partial charge in [-0.2, -0.15) is 0 Å². The molecule has 94 valence electrons. The quantitative estimate of drug-likeness (QED) is 0.837. The van der Waals surface area contributed by atoms with Gasteiger partial charge in [0.2, 0.25) is 0 Å². The van der Waals surface area contributed by atoms with Crippen LogP contribution in [0.15, 0.2) is 30.3 Å². The van der Waals surface area contributed by atoms with Crippen molar-refractivity contribution in [2.24, 2.45) is 0 Å². The first kappa shape index (κ1) is 12.6. The van der Waals surface area contributed by atoms with Crippen LogP contribution < -0.4 is 5.32 Å². The Morgan fingerprint density at radius 2 is 2.06 bits per heavy atom. The van der Waals surface area contributed by atoms with E-state index in [1.54, 1.807) is 0 Å². The number of nitrogens with one attached hydrogen (secondary N) is 1. The van der Waals surface area contributed by atoms with Crippen molar-refractivity contribution in [3.05, 3.63) is 35.9 Å². The molecule has 0 amide bonds. The highest BCUT2D eigenvalue weighted by Gasteiger charge is 2.30. The van der Waals surface area contributed by atoms with Gasteiger partial charge in [-0.25, -0.2) is 0 Å². The molecule has 1 aromatic rings. The highest BCUT2D eigenvalue weighted by Crippen LogP contribution is 2.30. The van der Waals surface area contributed by atoms with Gasteiger partial charge in [-0.05, 0) is 36.8 Å². The molecule has 1 aliphatic heterocycles. The van der Waals surface area contributed by atoms with E-state index >= 15 is 0 Å². The van der Waals surface area contributed by atoms with Crippen LogP contribution in [0.4, 0.5) is 0 Å². The van der Waals surface area contributed by atoms with Crippen molar-refractivity contribution in [2.75, 3.05) is 6.54 Å². The zero-order valence-corrected chi connectivity index (χ0v) is 10.8. The molecule has 0 aromatic heterocycles. The Hall–Kier alpha value is -0.860. The van der Waals surface area contributed by atoms with Crippen LogP contribution in [0.5, 0.6) is 0 Å². The largest absolute Gasteiger partial charge is 0.391 e. The van der Waals surface area contributed by atoms with Crippen LogP contribution in [0.1, 0.15) is 38.7 Å². The second kappa shape index (κ2) is 5.19. The lowest BCUT2D eigenvalue weighted by atomic mass is 9.78. The molecule has 2 heteroatoms.